The molecule has 0 aliphatic carbocycles. The Kier molecular flexibility index (Phi) is 5.18. The van der Waals surface area contributed by atoms with E-state index in [0.717, 1.165) is 5.56 Å². The first-order valence-electron chi connectivity index (χ1n) is 6.46. The summed E-state index contributed by atoms with van der Waals surface area (Å²) in [5.74, 6) is -1.68. The van der Waals surface area contributed by atoms with Crippen LogP contribution in [0.3, 0.4) is 0 Å². The lowest BCUT2D eigenvalue weighted by Gasteiger charge is -2.19. The fourth-order valence-corrected chi connectivity index (χ4v) is 3.36. The average molecular weight is 339 g/mol. The molecule has 116 valence electrons. The van der Waals surface area contributed by atoms with Crippen molar-refractivity contribution in [3.05, 3.63) is 70.7 Å². The second kappa shape index (κ2) is 6.91. The summed E-state index contributed by atoms with van der Waals surface area (Å²) in [4.78, 5) is 10.9. The number of nitrogens with one attached hydrogen (secondary N) is 1. The van der Waals surface area contributed by atoms with Crippen molar-refractivity contribution in [3.8, 4) is 0 Å². The summed E-state index contributed by atoms with van der Waals surface area (Å²) in [7, 11) is -3.86. The van der Waals surface area contributed by atoms with Crippen LogP contribution in [0.15, 0.2) is 54.6 Å². The molecule has 0 heterocycles. The van der Waals surface area contributed by atoms with Gasteiger partial charge >= 0.3 is 0 Å². The van der Waals surface area contributed by atoms with Gasteiger partial charge in [0, 0.05) is 5.02 Å². The van der Waals surface area contributed by atoms with E-state index in [9.17, 15) is 13.2 Å². The van der Waals surface area contributed by atoms with Crippen molar-refractivity contribution in [1.82, 2.24) is 4.72 Å². The van der Waals surface area contributed by atoms with Crippen LogP contribution in [-0.2, 0) is 14.8 Å². The molecule has 0 saturated carbocycles. The van der Waals surface area contributed by atoms with E-state index >= 15 is 0 Å². The van der Waals surface area contributed by atoms with Gasteiger partial charge in [0.25, 0.3) is 0 Å². The Labute approximate surface area is 134 Å². The Morgan fingerprint density at radius 1 is 1.09 bits per heavy atom. The molecule has 1 atom stereocenters. The molecule has 0 saturated heterocycles. The van der Waals surface area contributed by atoms with Crippen LogP contribution in [0, 0.1) is 0 Å². The Balaban J connectivity index is 2.41. The number of sulfonamides is 1. The Morgan fingerprint density at radius 2 is 1.73 bits per heavy atom. The molecule has 7 heteroatoms. The number of hydrogen-bond acceptors (Lipinski definition) is 3. The van der Waals surface area contributed by atoms with E-state index < -0.39 is 27.7 Å². The summed E-state index contributed by atoms with van der Waals surface area (Å²) in [6.45, 7) is 0. The fraction of sp³-hybridized carbons (Fsp3) is 0.133. The van der Waals surface area contributed by atoms with Gasteiger partial charge < -0.3 is 5.73 Å². The van der Waals surface area contributed by atoms with Gasteiger partial charge in [0.2, 0.25) is 15.9 Å². The monoisotopic (exact) mass is 338 g/mol. The predicted octanol–water partition coefficient (Wildman–Crippen LogP) is 1.83. The van der Waals surface area contributed by atoms with Gasteiger partial charge in [-0.15, -0.1) is 0 Å². The van der Waals surface area contributed by atoms with Gasteiger partial charge in [0.1, 0.15) is 5.75 Å². The van der Waals surface area contributed by atoms with Crippen LogP contribution in [0.2, 0.25) is 5.02 Å². The van der Waals surface area contributed by atoms with Gasteiger partial charge in [0.05, 0.1) is 6.04 Å². The van der Waals surface area contributed by atoms with E-state index in [1.54, 1.807) is 48.5 Å². The minimum absolute atomic E-state index is 0.493. The summed E-state index contributed by atoms with van der Waals surface area (Å²) in [6, 6.07) is 15.2. The number of carbonyl (C=O) groups excluding carboxylic acids is 1. The first-order valence-corrected chi connectivity index (χ1v) is 8.49. The van der Waals surface area contributed by atoms with Crippen LogP contribution in [-0.4, -0.2) is 20.1 Å². The molecule has 1 amide bonds. The summed E-state index contributed by atoms with van der Waals surface area (Å²) >= 11 is 5.98. The number of nitrogens with two attached hydrogens (primary N) is 1. The van der Waals surface area contributed by atoms with Crippen molar-refractivity contribution in [2.45, 2.75) is 6.04 Å². The largest absolute Gasteiger partial charge is 0.369 e. The maximum absolute atomic E-state index is 12.0. The molecule has 0 bridgehead atoms. The zero-order valence-electron chi connectivity index (χ0n) is 11.6. The first kappa shape index (κ1) is 16.5. The number of hydrogen-bond donors (Lipinski definition) is 2. The van der Waals surface area contributed by atoms with Crippen LogP contribution < -0.4 is 10.5 Å². The molecule has 1 unspecified atom stereocenters. The Hall–Kier alpha value is -1.89. The average Bonchev–Trinajstić information content (AvgIpc) is 2.44. The zero-order chi connectivity index (χ0) is 16.2. The SMILES string of the molecule is NC(=O)CS(=O)(=O)NC(c1ccccc1)c1cccc(Cl)c1. The molecule has 0 spiro atoms. The third-order valence-corrected chi connectivity index (χ3v) is 4.44. The molecule has 0 aromatic heterocycles. The van der Waals surface area contributed by atoms with Crippen molar-refractivity contribution >= 4 is 27.5 Å². The minimum atomic E-state index is -3.86. The van der Waals surface area contributed by atoms with Crippen molar-refractivity contribution in [2.75, 3.05) is 5.75 Å². The highest BCUT2D eigenvalue weighted by Crippen LogP contribution is 2.25. The smallest absolute Gasteiger partial charge is 0.234 e. The van der Waals surface area contributed by atoms with Gasteiger partial charge in [0.15, 0.2) is 0 Å². The van der Waals surface area contributed by atoms with Crippen LogP contribution >= 0.6 is 11.6 Å². The number of carbonyl (C=O) groups is 1. The van der Waals surface area contributed by atoms with E-state index in [-0.39, 0.29) is 0 Å². The van der Waals surface area contributed by atoms with E-state index in [1.807, 2.05) is 6.07 Å². The lowest BCUT2D eigenvalue weighted by Crippen LogP contribution is -2.36. The van der Waals surface area contributed by atoms with Crippen molar-refractivity contribution in [1.29, 1.82) is 0 Å². The fourth-order valence-electron chi connectivity index (χ4n) is 2.07. The van der Waals surface area contributed by atoms with E-state index in [1.165, 1.54) is 0 Å². The third kappa shape index (κ3) is 4.56. The van der Waals surface area contributed by atoms with Gasteiger partial charge in [-0.3, -0.25) is 4.79 Å². The quantitative estimate of drug-likeness (QED) is 0.842. The standard InChI is InChI=1S/C15H15ClN2O3S/c16-13-8-4-7-12(9-13)15(11-5-2-1-3-6-11)18-22(20,21)10-14(17)19/h1-9,15,18H,10H2,(H2,17,19). The highest BCUT2D eigenvalue weighted by atomic mass is 35.5. The van der Waals surface area contributed by atoms with Gasteiger partial charge in [-0.05, 0) is 23.3 Å². The molecule has 22 heavy (non-hydrogen) atoms. The molecule has 0 radical (unpaired) electrons. The third-order valence-electron chi connectivity index (χ3n) is 2.94. The molecule has 5 nitrogen and oxygen atoms in total. The summed E-state index contributed by atoms with van der Waals surface area (Å²) in [6.07, 6.45) is 0. The summed E-state index contributed by atoms with van der Waals surface area (Å²) in [5, 5.41) is 0.493. The van der Waals surface area contributed by atoms with Crippen molar-refractivity contribution in [3.63, 3.8) is 0 Å². The summed E-state index contributed by atoms with van der Waals surface area (Å²) in [5.41, 5.74) is 6.38. The maximum atomic E-state index is 12.0. The molecule has 2 rings (SSSR count). The molecule has 3 N–H and O–H groups in total. The van der Waals surface area contributed by atoms with E-state index in [4.69, 9.17) is 17.3 Å². The molecular weight excluding hydrogens is 324 g/mol. The topological polar surface area (TPSA) is 89.3 Å². The number of amides is 1. The van der Waals surface area contributed by atoms with E-state index in [0.29, 0.717) is 10.6 Å². The van der Waals surface area contributed by atoms with Crippen molar-refractivity contribution < 1.29 is 13.2 Å². The van der Waals surface area contributed by atoms with Gasteiger partial charge in [-0.1, -0.05) is 54.1 Å². The van der Waals surface area contributed by atoms with Crippen LogP contribution in [0.5, 0.6) is 0 Å². The highest BCUT2D eigenvalue weighted by molar-refractivity contribution is 7.90. The molecule has 0 fully saturated rings. The zero-order valence-corrected chi connectivity index (χ0v) is 13.1. The highest BCUT2D eigenvalue weighted by Gasteiger charge is 2.22. The van der Waals surface area contributed by atoms with Gasteiger partial charge in [-0.25, -0.2) is 13.1 Å². The lowest BCUT2D eigenvalue weighted by atomic mass is 10.00. The van der Waals surface area contributed by atoms with E-state index in [2.05, 4.69) is 4.72 Å². The van der Waals surface area contributed by atoms with Crippen LogP contribution in [0.4, 0.5) is 0 Å². The number of rotatable bonds is 6. The van der Waals surface area contributed by atoms with Crippen LogP contribution in [0.1, 0.15) is 17.2 Å². The normalized spacial score (nSPS) is 12.8. The summed E-state index contributed by atoms with van der Waals surface area (Å²) < 4.78 is 26.6. The van der Waals surface area contributed by atoms with Crippen molar-refractivity contribution in [2.24, 2.45) is 5.73 Å². The van der Waals surface area contributed by atoms with Crippen LogP contribution in [0.25, 0.3) is 0 Å². The second-order valence-corrected chi connectivity index (χ2v) is 6.93. The minimum Gasteiger partial charge on any atom is -0.369 e. The maximum Gasteiger partial charge on any atom is 0.234 e. The number of primary amides is 1. The Bertz CT molecular complexity index is 763. The second-order valence-electron chi connectivity index (χ2n) is 4.74. The molecule has 2 aromatic rings. The lowest BCUT2D eigenvalue weighted by molar-refractivity contribution is -0.115. The first-order chi connectivity index (χ1) is 10.4. The van der Waals surface area contributed by atoms with Gasteiger partial charge in [-0.2, -0.15) is 0 Å². The molecular formula is C15H15ClN2O3S. The number of benzene rings is 2. The number of halogens is 1. The molecule has 0 aliphatic rings. The molecule has 2 aromatic carbocycles. The Morgan fingerprint density at radius 3 is 2.32 bits per heavy atom. The predicted molar refractivity (Wildman–Crippen MR) is 85.9 cm³/mol. The molecule has 0 aliphatic heterocycles.